The fourth-order valence-corrected chi connectivity index (χ4v) is 0. The quantitative estimate of drug-likeness (QED) is 0.396. The maximum absolute atomic E-state index is 7.00. The van der Waals surface area contributed by atoms with E-state index >= 15 is 0 Å². The molecule has 0 spiro atoms. The van der Waals surface area contributed by atoms with Crippen LogP contribution in [0.25, 0.3) is 0 Å². The molecule has 0 radical (unpaired) electrons. The molecule has 0 rings (SSSR count). The van der Waals surface area contributed by atoms with Gasteiger partial charge in [0.15, 0.2) is 0 Å². The van der Waals surface area contributed by atoms with Gasteiger partial charge in [0.1, 0.15) is 0 Å². The smallest absolute Gasteiger partial charge is 0.0319 e. The van der Waals surface area contributed by atoms with Crippen LogP contribution in [0.4, 0.5) is 0 Å². The van der Waals surface area contributed by atoms with Crippen LogP contribution >= 0.6 is 0 Å². The van der Waals surface area contributed by atoms with Gasteiger partial charge >= 0.3 is 0 Å². The van der Waals surface area contributed by atoms with Crippen LogP contribution in [0, 0.1) is 0 Å². The summed E-state index contributed by atoms with van der Waals surface area (Å²) in [4.78, 5) is 0. The third-order valence-corrected chi connectivity index (χ3v) is 0. The average Bonchev–Trinajstić information content (AvgIpc) is 2.03. The van der Waals surface area contributed by atoms with Crippen molar-refractivity contribution in [2.75, 3.05) is 28.4 Å². The standard InChI is InChI=1S/4CH4O.2Zn/c4*1-2;;/h4*2H,1H3;;. The number of rotatable bonds is 0. The van der Waals surface area contributed by atoms with E-state index in [0.29, 0.717) is 0 Å². The summed E-state index contributed by atoms with van der Waals surface area (Å²) in [5.74, 6) is 0. The summed E-state index contributed by atoms with van der Waals surface area (Å²) in [6.07, 6.45) is 0. The Morgan fingerprint density at radius 2 is 0.400 bits per heavy atom. The van der Waals surface area contributed by atoms with Crippen LogP contribution in [0.5, 0.6) is 0 Å². The molecule has 0 aliphatic carbocycles. The summed E-state index contributed by atoms with van der Waals surface area (Å²) in [5.41, 5.74) is 0. The van der Waals surface area contributed by atoms with Gasteiger partial charge in [-0.2, -0.15) is 0 Å². The molecule has 0 unspecified atom stereocenters. The summed E-state index contributed by atoms with van der Waals surface area (Å²) in [7, 11) is 4.00. The molecular weight excluding hydrogens is 243 g/mol. The topological polar surface area (TPSA) is 80.9 Å². The second-order valence-corrected chi connectivity index (χ2v) is 0. The second kappa shape index (κ2) is 705. The Hall–Kier alpha value is 1.09. The van der Waals surface area contributed by atoms with Gasteiger partial charge in [-0.05, 0) is 0 Å². The summed E-state index contributed by atoms with van der Waals surface area (Å²) in [6, 6.07) is 0. The Bertz CT molecular complexity index is 15.2. The van der Waals surface area contributed by atoms with Gasteiger partial charge < -0.3 is 20.4 Å². The molecule has 10 heavy (non-hydrogen) atoms. The van der Waals surface area contributed by atoms with Crippen LogP contribution in [-0.2, 0) is 39.0 Å². The second-order valence-electron chi connectivity index (χ2n) is 0. The average molecular weight is 259 g/mol. The zero-order chi connectivity index (χ0) is 8.00. The number of hydrogen-bond donors (Lipinski definition) is 4. The molecule has 0 saturated carbocycles. The van der Waals surface area contributed by atoms with E-state index < -0.39 is 0 Å². The first-order chi connectivity index (χ1) is 4.00. The zero-order valence-corrected chi connectivity index (χ0v) is 13.1. The molecule has 60 valence electrons. The maximum Gasteiger partial charge on any atom is 0.0319 e. The van der Waals surface area contributed by atoms with E-state index in [4.69, 9.17) is 20.4 Å². The number of aliphatic hydroxyl groups is 4. The molecule has 0 aliphatic rings. The molecule has 0 aromatic heterocycles. The van der Waals surface area contributed by atoms with Gasteiger partial charge in [-0.3, -0.25) is 0 Å². The molecule has 0 heterocycles. The van der Waals surface area contributed by atoms with Gasteiger partial charge in [0, 0.05) is 67.4 Å². The first-order valence-corrected chi connectivity index (χ1v) is 1.79. The molecule has 0 amide bonds. The molecule has 0 atom stereocenters. The first kappa shape index (κ1) is 43.6. The first-order valence-electron chi connectivity index (χ1n) is 1.79. The van der Waals surface area contributed by atoms with Crippen LogP contribution in [0.3, 0.4) is 0 Å². The Kier molecular flexibility index (Phi) is 3070. The molecule has 0 aromatic rings. The Balaban J connectivity index is -0.00000000500. The van der Waals surface area contributed by atoms with Crippen LogP contribution < -0.4 is 0 Å². The van der Waals surface area contributed by atoms with Gasteiger partial charge in [-0.1, -0.05) is 0 Å². The number of hydrogen-bond acceptors (Lipinski definition) is 4. The minimum absolute atomic E-state index is 0. The van der Waals surface area contributed by atoms with Gasteiger partial charge in [0.25, 0.3) is 0 Å². The largest absolute Gasteiger partial charge is 0.400 e. The van der Waals surface area contributed by atoms with Gasteiger partial charge in [-0.25, -0.2) is 0 Å². The van der Waals surface area contributed by atoms with Crippen molar-refractivity contribution in [2.24, 2.45) is 0 Å². The van der Waals surface area contributed by atoms with E-state index in [2.05, 4.69) is 0 Å². The molecule has 6 heteroatoms. The molecule has 0 fully saturated rings. The fraction of sp³-hybridized carbons (Fsp3) is 1.00. The van der Waals surface area contributed by atoms with E-state index in [1.807, 2.05) is 0 Å². The molecule has 0 saturated heterocycles. The summed E-state index contributed by atoms with van der Waals surface area (Å²) in [6.45, 7) is 0. The minimum atomic E-state index is 0. The van der Waals surface area contributed by atoms with Crippen LogP contribution in [0.15, 0.2) is 0 Å². The third kappa shape index (κ3) is 503. The predicted molar refractivity (Wildman–Crippen MR) is 32.6 cm³/mol. The zero-order valence-electron chi connectivity index (χ0n) is 7.20. The van der Waals surface area contributed by atoms with E-state index in [-0.39, 0.29) is 39.0 Å². The Morgan fingerprint density at radius 3 is 0.400 bits per heavy atom. The number of aliphatic hydroxyl groups excluding tert-OH is 4. The van der Waals surface area contributed by atoms with Crippen molar-refractivity contribution in [3.8, 4) is 0 Å². The van der Waals surface area contributed by atoms with Crippen molar-refractivity contribution in [1.29, 1.82) is 0 Å². The van der Waals surface area contributed by atoms with Crippen molar-refractivity contribution >= 4 is 0 Å². The molecular formula is C4H16O4Zn2. The van der Waals surface area contributed by atoms with Crippen molar-refractivity contribution in [3.63, 3.8) is 0 Å². The predicted octanol–water partition coefficient (Wildman–Crippen LogP) is -1.57. The Morgan fingerprint density at radius 1 is 0.400 bits per heavy atom. The van der Waals surface area contributed by atoms with Crippen molar-refractivity contribution < 1.29 is 59.4 Å². The third-order valence-electron chi connectivity index (χ3n) is 0. The summed E-state index contributed by atoms with van der Waals surface area (Å²) >= 11 is 0. The van der Waals surface area contributed by atoms with Crippen LogP contribution in [0.1, 0.15) is 0 Å². The van der Waals surface area contributed by atoms with Crippen molar-refractivity contribution in [1.82, 2.24) is 0 Å². The van der Waals surface area contributed by atoms with Crippen molar-refractivity contribution in [2.45, 2.75) is 0 Å². The summed E-state index contributed by atoms with van der Waals surface area (Å²) in [5, 5.41) is 28.0. The minimum Gasteiger partial charge on any atom is -0.400 e. The molecule has 0 bridgehead atoms. The van der Waals surface area contributed by atoms with Crippen molar-refractivity contribution in [3.05, 3.63) is 0 Å². The SMILES string of the molecule is CO.CO.CO.CO.[Zn].[Zn]. The Labute approximate surface area is 87.8 Å². The molecule has 0 aliphatic heterocycles. The maximum atomic E-state index is 7.00. The fourth-order valence-electron chi connectivity index (χ4n) is 0. The molecule has 4 N–H and O–H groups in total. The monoisotopic (exact) mass is 256 g/mol. The van der Waals surface area contributed by atoms with E-state index in [1.54, 1.807) is 0 Å². The van der Waals surface area contributed by atoms with Gasteiger partial charge in [-0.15, -0.1) is 0 Å². The van der Waals surface area contributed by atoms with Crippen LogP contribution in [-0.4, -0.2) is 48.9 Å². The van der Waals surface area contributed by atoms with Crippen LogP contribution in [0.2, 0.25) is 0 Å². The normalized spacial score (nSPS) is 2.40. The van der Waals surface area contributed by atoms with E-state index in [9.17, 15) is 0 Å². The van der Waals surface area contributed by atoms with E-state index in [0.717, 1.165) is 28.4 Å². The molecule has 0 aromatic carbocycles. The summed E-state index contributed by atoms with van der Waals surface area (Å²) < 4.78 is 0. The van der Waals surface area contributed by atoms with Gasteiger partial charge in [0.2, 0.25) is 0 Å². The van der Waals surface area contributed by atoms with E-state index in [1.165, 1.54) is 0 Å². The molecule has 4 nitrogen and oxygen atoms in total. The van der Waals surface area contributed by atoms with Gasteiger partial charge in [0.05, 0.1) is 0 Å².